The highest BCUT2D eigenvalue weighted by molar-refractivity contribution is 5.90. The quantitative estimate of drug-likeness (QED) is 0.539. The largest absolute Gasteiger partial charge is 0.465 e. The smallest absolute Gasteiger partial charge is 0.337 e. The van der Waals surface area contributed by atoms with Crippen molar-refractivity contribution in [3.63, 3.8) is 0 Å². The summed E-state index contributed by atoms with van der Waals surface area (Å²) in [6, 6.07) is 15.3. The van der Waals surface area contributed by atoms with Crippen LogP contribution >= 0.6 is 0 Å². The highest BCUT2D eigenvalue weighted by atomic mass is 16.5. The van der Waals surface area contributed by atoms with Crippen LogP contribution in [0.15, 0.2) is 48.5 Å². The van der Waals surface area contributed by atoms with E-state index in [2.05, 4.69) is 6.92 Å². The average Bonchev–Trinajstić information content (AvgIpc) is 2.64. The predicted molar refractivity (Wildman–Crippen MR) is 96.9 cm³/mol. The Morgan fingerprint density at radius 1 is 1.04 bits per heavy atom. The summed E-state index contributed by atoms with van der Waals surface area (Å²) in [4.78, 5) is 11.6. The second-order valence-electron chi connectivity index (χ2n) is 6.06. The molecule has 0 aliphatic rings. The summed E-state index contributed by atoms with van der Waals surface area (Å²) in [5.41, 5.74) is 3.46. The highest BCUT2D eigenvalue weighted by Crippen LogP contribution is 2.25. The molecule has 0 saturated carbocycles. The van der Waals surface area contributed by atoms with Crippen molar-refractivity contribution in [2.75, 3.05) is 7.11 Å². The summed E-state index contributed by atoms with van der Waals surface area (Å²) in [5.74, 6) is -0.337. The molecule has 0 radical (unpaired) electrons. The summed E-state index contributed by atoms with van der Waals surface area (Å²) in [6.07, 6.45) is 5.05. The number of hydrogen-bond donors (Lipinski definition) is 1. The molecule has 0 spiro atoms. The zero-order valence-electron chi connectivity index (χ0n) is 14.5. The molecule has 0 unspecified atom stereocenters. The molecule has 24 heavy (non-hydrogen) atoms. The van der Waals surface area contributed by atoms with Gasteiger partial charge in [0.15, 0.2) is 0 Å². The number of carbonyl (C=O) groups is 1. The van der Waals surface area contributed by atoms with E-state index < -0.39 is 6.10 Å². The number of rotatable bonds is 8. The average molecular weight is 326 g/mol. The molecule has 128 valence electrons. The standard InChI is InChI=1S/C21H26O3/c1-3-4-5-6-10-20(22)17-13-11-16(12-14-17)18-8-7-9-19(15-18)21(23)24-2/h7-9,11-15,20,22H,3-6,10H2,1-2H3/t20-/m0/s1. The van der Waals surface area contributed by atoms with E-state index in [1.54, 1.807) is 6.07 Å². The van der Waals surface area contributed by atoms with Gasteiger partial charge in [-0.15, -0.1) is 0 Å². The molecule has 0 fully saturated rings. The maximum Gasteiger partial charge on any atom is 0.337 e. The molecule has 0 saturated heterocycles. The minimum Gasteiger partial charge on any atom is -0.465 e. The Morgan fingerprint density at radius 3 is 2.46 bits per heavy atom. The van der Waals surface area contributed by atoms with Gasteiger partial charge in [-0.05, 0) is 35.2 Å². The Labute approximate surface area is 144 Å². The van der Waals surface area contributed by atoms with Gasteiger partial charge in [0.25, 0.3) is 0 Å². The van der Waals surface area contributed by atoms with Gasteiger partial charge in [0.2, 0.25) is 0 Å². The molecule has 3 heteroatoms. The second kappa shape index (κ2) is 9.24. The lowest BCUT2D eigenvalue weighted by Crippen LogP contribution is -2.01. The number of unbranched alkanes of at least 4 members (excludes halogenated alkanes) is 3. The summed E-state index contributed by atoms with van der Waals surface area (Å²) in [6.45, 7) is 2.18. The number of methoxy groups -OCH3 is 1. The van der Waals surface area contributed by atoms with Crippen LogP contribution in [-0.2, 0) is 4.74 Å². The molecule has 2 rings (SSSR count). The Bertz CT molecular complexity index is 646. The first-order valence-corrected chi connectivity index (χ1v) is 8.62. The van der Waals surface area contributed by atoms with Crippen molar-refractivity contribution < 1.29 is 14.6 Å². The monoisotopic (exact) mass is 326 g/mol. The van der Waals surface area contributed by atoms with Crippen molar-refractivity contribution in [3.05, 3.63) is 59.7 Å². The first-order valence-electron chi connectivity index (χ1n) is 8.62. The van der Waals surface area contributed by atoms with Crippen molar-refractivity contribution in [2.45, 2.75) is 45.1 Å². The molecule has 1 N–H and O–H groups in total. The van der Waals surface area contributed by atoms with Crippen LogP contribution in [0.4, 0.5) is 0 Å². The Kier molecular flexibility index (Phi) is 7.01. The topological polar surface area (TPSA) is 46.5 Å². The van der Waals surface area contributed by atoms with E-state index in [4.69, 9.17) is 4.74 Å². The highest BCUT2D eigenvalue weighted by Gasteiger charge is 2.09. The molecule has 0 amide bonds. The molecule has 0 aromatic heterocycles. The van der Waals surface area contributed by atoms with E-state index in [0.29, 0.717) is 5.56 Å². The van der Waals surface area contributed by atoms with E-state index in [9.17, 15) is 9.90 Å². The summed E-state index contributed by atoms with van der Waals surface area (Å²) < 4.78 is 4.76. The van der Waals surface area contributed by atoms with E-state index in [1.165, 1.54) is 26.4 Å². The maximum atomic E-state index is 11.6. The van der Waals surface area contributed by atoms with Crippen molar-refractivity contribution >= 4 is 5.97 Å². The molecule has 2 aromatic carbocycles. The minimum atomic E-state index is -0.405. The van der Waals surface area contributed by atoms with Crippen LogP contribution in [0.1, 0.15) is 61.1 Å². The van der Waals surface area contributed by atoms with Crippen LogP contribution in [0, 0.1) is 0 Å². The third kappa shape index (κ3) is 4.93. The number of esters is 1. The molecular formula is C21H26O3. The van der Waals surface area contributed by atoms with Crippen LogP contribution < -0.4 is 0 Å². The Hall–Kier alpha value is -2.13. The molecular weight excluding hydrogens is 300 g/mol. The molecule has 2 aromatic rings. The number of ether oxygens (including phenoxy) is 1. The Balaban J connectivity index is 2.05. The fraction of sp³-hybridized carbons (Fsp3) is 0.381. The number of aliphatic hydroxyl groups excluding tert-OH is 1. The van der Waals surface area contributed by atoms with Gasteiger partial charge in [-0.25, -0.2) is 4.79 Å². The third-order valence-corrected chi connectivity index (χ3v) is 4.24. The normalized spacial score (nSPS) is 12.0. The lowest BCUT2D eigenvalue weighted by molar-refractivity contribution is 0.0601. The van der Waals surface area contributed by atoms with E-state index in [0.717, 1.165) is 29.5 Å². The lowest BCUT2D eigenvalue weighted by atomic mass is 9.98. The summed E-state index contributed by atoms with van der Waals surface area (Å²) >= 11 is 0. The van der Waals surface area contributed by atoms with Gasteiger partial charge < -0.3 is 9.84 Å². The SMILES string of the molecule is CCCCCC[C@H](O)c1ccc(-c2cccc(C(=O)OC)c2)cc1. The number of carbonyl (C=O) groups excluding carboxylic acids is 1. The first-order chi connectivity index (χ1) is 11.7. The fourth-order valence-electron chi connectivity index (χ4n) is 2.77. The van der Waals surface area contributed by atoms with E-state index >= 15 is 0 Å². The number of benzene rings is 2. The van der Waals surface area contributed by atoms with Gasteiger partial charge in [0.1, 0.15) is 0 Å². The van der Waals surface area contributed by atoms with Crippen molar-refractivity contribution in [3.8, 4) is 11.1 Å². The maximum absolute atomic E-state index is 11.6. The first kappa shape index (κ1) is 18.2. The minimum absolute atomic E-state index is 0.337. The molecule has 3 nitrogen and oxygen atoms in total. The number of hydrogen-bond acceptors (Lipinski definition) is 3. The van der Waals surface area contributed by atoms with Crippen molar-refractivity contribution in [1.82, 2.24) is 0 Å². The van der Waals surface area contributed by atoms with E-state index in [1.807, 2.05) is 42.5 Å². The van der Waals surface area contributed by atoms with Crippen LogP contribution in [-0.4, -0.2) is 18.2 Å². The van der Waals surface area contributed by atoms with Gasteiger partial charge in [-0.1, -0.05) is 69.0 Å². The van der Waals surface area contributed by atoms with Crippen LogP contribution in [0.25, 0.3) is 11.1 Å². The van der Waals surface area contributed by atoms with Crippen molar-refractivity contribution in [1.29, 1.82) is 0 Å². The summed E-state index contributed by atoms with van der Waals surface area (Å²) in [7, 11) is 1.38. The summed E-state index contributed by atoms with van der Waals surface area (Å²) in [5, 5.41) is 10.3. The van der Waals surface area contributed by atoms with Crippen LogP contribution in [0.2, 0.25) is 0 Å². The van der Waals surface area contributed by atoms with Crippen LogP contribution in [0.3, 0.4) is 0 Å². The zero-order valence-corrected chi connectivity index (χ0v) is 14.5. The molecule has 0 heterocycles. The van der Waals surface area contributed by atoms with Crippen molar-refractivity contribution in [2.24, 2.45) is 0 Å². The fourth-order valence-corrected chi connectivity index (χ4v) is 2.77. The molecule has 0 bridgehead atoms. The zero-order chi connectivity index (χ0) is 17.4. The number of aliphatic hydroxyl groups is 1. The van der Waals surface area contributed by atoms with Gasteiger partial charge in [-0.3, -0.25) is 0 Å². The van der Waals surface area contributed by atoms with Gasteiger partial charge >= 0.3 is 5.97 Å². The molecule has 0 aliphatic heterocycles. The predicted octanol–water partition coefficient (Wildman–Crippen LogP) is 5.14. The lowest BCUT2D eigenvalue weighted by Gasteiger charge is -2.12. The molecule has 0 aliphatic carbocycles. The van der Waals surface area contributed by atoms with Gasteiger partial charge in [0, 0.05) is 0 Å². The Morgan fingerprint density at radius 2 is 1.79 bits per heavy atom. The van der Waals surface area contributed by atoms with Gasteiger partial charge in [0.05, 0.1) is 18.8 Å². The third-order valence-electron chi connectivity index (χ3n) is 4.24. The van der Waals surface area contributed by atoms with E-state index in [-0.39, 0.29) is 5.97 Å². The van der Waals surface area contributed by atoms with Gasteiger partial charge in [-0.2, -0.15) is 0 Å². The van der Waals surface area contributed by atoms with Crippen LogP contribution in [0.5, 0.6) is 0 Å². The molecule has 1 atom stereocenters. The second-order valence-corrected chi connectivity index (χ2v) is 6.06.